The molecule has 1 aliphatic rings. The van der Waals surface area contributed by atoms with E-state index < -0.39 is 23.2 Å². The molecule has 2 amide bonds. The van der Waals surface area contributed by atoms with E-state index in [0.717, 1.165) is 29.9 Å². The van der Waals surface area contributed by atoms with Gasteiger partial charge >= 0.3 is 6.18 Å². The van der Waals surface area contributed by atoms with E-state index in [-0.39, 0.29) is 23.4 Å². The van der Waals surface area contributed by atoms with Gasteiger partial charge in [-0.25, -0.2) is 9.97 Å². The number of amides is 2. The Labute approximate surface area is 264 Å². The van der Waals surface area contributed by atoms with Crippen molar-refractivity contribution in [3.8, 4) is 5.75 Å². The molecular weight excluding hydrogens is 615 g/mol. The second-order valence-corrected chi connectivity index (χ2v) is 11.5. The van der Waals surface area contributed by atoms with Crippen LogP contribution in [-0.2, 0) is 16.9 Å². The fraction of sp³-hybridized carbons (Fsp3) is 0.500. The Hall–Kier alpha value is -3.91. The van der Waals surface area contributed by atoms with Gasteiger partial charge in [0, 0.05) is 45.8 Å². The number of alkyl halides is 3. The minimum absolute atomic E-state index is 0.0569. The number of carbonyl (C=O) groups is 2. The zero-order valence-corrected chi connectivity index (χ0v) is 26.1. The highest BCUT2D eigenvalue weighted by Crippen LogP contribution is 2.41. The van der Waals surface area contributed by atoms with Gasteiger partial charge in [0.05, 0.1) is 19.2 Å². The van der Waals surface area contributed by atoms with Gasteiger partial charge in [0.1, 0.15) is 29.4 Å². The van der Waals surface area contributed by atoms with E-state index in [9.17, 15) is 27.9 Å². The Morgan fingerprint density at radius 1 is 1.11 bits per heavy atom. The lowest BCUT2D eigenvalue weighted by Crippen LogP contribution is -2.55. The van der Waals surface area contributed by atoms with Gasteiger partial charge in [0.2, 0.25) is 0 Å². The van der Waals surface area contributed by atoms with Crippen LogP contribution in [0.15, 0.2) is 49.1 Å². The van der Waals surface area contributed by atoms with Crippen molar-refractivity contribution in [2.75, 3.05) is 52.3 Å². The number of anilines is 1. The number of aliphatic hydroxyl groups is 1. The third kappa shape index (κ3) is 7.85. The van der Waals surface area contributed by atoms with Gasteiger partial charge in [-0.1, -0.05) is 23.7 Å². The van der Waals surface area contributed by atoms with Gasteiger partial charge < -0.3 is 24.5 Å². The first-order valence-electron chi connectivity index (χ1n) is 14.5. The van der Waals surface area contributed by atoms with Gasteiger partial charge in [0.25, 0.3) is 17.4 Å². The van der Waals surface area contributed by atoms with Crippen molar-refractivity contribution >= 4 is 29.2 Å². The average molecular weight is 652 g/mol. The molecule has 244 valence electrons. The maximum absolute atomic E-state index is 14.0. The van der Waals surface area contributed by atoms with Crippen LogP contribution < -0.4 is 9.64 Å². The fourth-order valence-electron chi connectivity index (χ4n) is 5.37. The maximum Gasteiger partial charge on any atom is 0.430 e. The summed E-state index contributed by atoms with van der Waals surface area (Å²) in [5, 5.41) is 14.8. The first-order valence-corrected chi connectivity index (χ1v) is 14.9. The molecule has 4 rings (SSSR count). The van der Waals surface area contributed by atoms with Crippen molar-refractivity contribution in [2.24, 2.45) is 5.92 Å². The Bertz CT molecular complexity index is 1450. The van der Waals surface area contributed by atoms with Crippen LogP contribution in [0.4, 0.5) is 19.0 Å². The molecule has 0 unspecified atom stereocenters. The number of pyridine rings is 1. The molecular formula is C30H37ClF3N7O4. The molecule has 0 saturated carbocycles. The van der Waals surface area contributed by atoms with Gasteiger partial charge in [-0.3, -0.25) is 14.3 Å². The Morgan fingerprint density at radius 2 is 1.84 bits per heavy atom. The van der Waals surface area contributed by atoms with Crippen LogP contribution in [-0.4, -0.2) is 100 Å². The number of piperidine rings is 1. The summed E-state index contributed by atoms with van der Waals surface area (Å²) in [4.78, 5) is 38.8. The van der Waals surface area contributed by atoms with Gasteiger partial charge in [-0.2, -0.15) is 18.3 Å². The molecule has 0 spiro atoms. The highest BCUT2D eigenvalue weighted by atomic mass is 35.5. The second kappa shape index (κ2) is 14.5. The summed E-state index contributed by atoms with van der Waals surface area (Å²) >= 11 is 6.41. The van der Waals surface area contributed by atoms with E-state index >= 15 is 0 Å². The van der Waals surface area contributed by atoms with Gasteiger partial charge in [-0.05, 0) is 55.9 Å². The molecule has 0 aliphatic carbocycles. The molecule has 1 atom stereocenters. The van der Waals surface area contributed by atoms with Gasteiger partial charge in [0.15, 0.2) is 0 Å². The van der Waals surface area contributed by atoms with Crippen LogP contribution in [0.1, 0.15) is 41.6 Å². The average Bonchev–Trinajstić information content (AvgIpc) is 3.56. The predicted octanol–water partition coefficient (Wildman–Crippen LogP) is 4.01. The number of halogens is 4. The number of rotatable bonds is 12. The summed E-state index contributed by atoms with van der Waals surface area (Å²) in [5.41, 5.74) is -3.98. The highest BCUT2D eigenvalue weighted by Gasteiger charge is 2.61. The molecule has 2 aromatic heterocycles. The first-order chi connectivity index (χ1) is 21.3. The van der Waals surface area contributed by atoms with E-state index in [1.54, 1.807) is 35.1 Å². The zero-order valence-electron chi connectivity index (χ0n) is 25.4. The standard InChI is InChI=1S/C30H37ClF3N7O4/c1-38(16-17-41-20-35-19-36-41)27(42)24-9-10-25(37-26(24)31)40-14-11-21(12-15-40)6-5-13-39(2)28(43)29(44,30(32,33)34)22-7-4-8-23(18-22)45-3/h4,7-10,18-21,44H,5-6,11-17H2,1-3H3/t29-/m1/s1. The second-order valence-electron chi connectivity index (χ2n) is 11.1. The predicted molar refractivity (Wildman–Crippen MR) is 161 cm³/mol. The summed E-state index contributed by atoms with van der Waals surface area (Å²) in [5.74, 6) is -0.626. The summed E-state index contributed by atoms with van der Waals surface area (Å²) in [6, 6.07) is 8.25. The number of carbonyl (C=O) groups excluding carboxylic acids is 2. The molecule has 3 heterocycles. The third-order valence-electron chi connectivity index (χ3n) is 8.14. The number of hydrogen-bond acceptors (Lipinski definition) is 8. The van der Waals surface area contributed by atoms with Crippen molar-refractivity contribution in [1.29, 1.82) is 0 Å². The van der Waals surface area contributed by atoms with Gasteiger partial charge in [-0.15, -0.1) is 0 Å². The van der Waals surface area contributed by atoms with E-state index in [1.807, 2.05) is 0 Å². The van der Waals surface area contributed by atoms with Crippen LogP contribution in [0.3, 0.4) is 0 Å². The number of aromatic nitrogens is 4. The largest absolute Gasteiger partial charge is 0.497 e. The van der Waals surface area contributed by atoms with Crippen LogP contribution in [0.2, 0.25) is 5.15 Å². The summed E-state index contributed by atoms with van der Waals surface area (Å²) in [6.45, 7) is 2.35. The molecule has 1 fully saturated rings. The third-order valence-corrected chi connectivity index (χ3v) is 8.43. The van der Waals surface area contributed by atoms with Crippen LogP contribution in [0, 0.1) is 5.92 Å². The van der Waals surface area contributed by atoms with Crippen molar-refractivity contribution < 1.29 is 32.6 Å². The summed E-state index contributed by atoms with van der Waals surface area (Å²) in [6.07, 6.45) is 0.598. The van der Waals surface area contributed by atoms with Crippen molar-refractivity contribution in [3.63, 3.8) is 0 Å². The molecule has 1 aromatic carbocycles. The molecule has 0 bridgehead atoms. The topological polar surface area (TPSA) is 117 Å². The number of benzene rings is 1. The maximum atomic E-state index is 14.0. The smallest absolute Gasteiger partial charge is 0.430 e. The number of hydrogen-bond donors (Lipinski definition) is 1. The number of ether oxygens (including phenoxy) is 1. The highest BCUT2D eigenvalue weighted by molar-refractivity contribution is 6.32. The lowest BCUT2D eigenvalue weighted by atomic mass is 9.90. The van der Waals surface area contributed by atoms with Crippen molar-refractivity contribution in [3.05, 3.63) is 65.3 Å². The molecule has 3 aromatic rings. The molecule has 11 nitrogen and oxygen atoms in total. The zero-order chi connectivity index (χ0) is 32.8. The number of nitrogens with zero attached hydrogens (tertiary/aromatic N) is 7. The van der Waals surface area contributed by atoms with Crippen molar-refractivity contribution in [1.82, 2.24) is 29.5 Å². The normalized spacial score (nSPS) is 15.4. The minimum atomic E-state index is -5.23. The quantitative estimate of drug-likeness (QED) is 0.292. The molecule has 1 N–H and O–H groups in total. The van der Waals surface area contributed by atoms with E-state index in [1.165, 1.54) is 32.6 Å². The number of likely N-dealkylation sites (N-methyl/N-ethyl adjacent to an activating group) is 2. The van der Waals surface area contributed by atoms with Crippen molar-refractivity contribution in [2.45, 2.75) is 44.0 Å². The van der Waals surface area contributed by atoms with Crippen LogP contribution in [0.25, 0.3) is 0 Å². The lowest BCUT2D eigenvalue weighted by Gasteiger charge is -2.34. The summed E-state index contributed by atoms with van der Waals surface area (Å²) < 4.78 is 48.8. The molecule has 15 heteroatoms. The Morgan fingerprint density at radius 3 is 2.47 bits per heavy atom. The molecule has 1 aliphatic heterocycles. The Kier molecular flexibility index (Phi) is 10.9. The van der Waals surface area contributed by atoms with Crippen LogP contribution in [0.5, 0.6) is 5.75 Å². The minimum Gasteiger partial charge on any atom is -0.497 e. The fourth-order valence-corrected chi connectivity index (χ4v) is 5.60. The molecule has 45 heavy (non-hydrogen) atoms. The SMILES string of the molecule is COc1cccc([C@@](O)(C(=O)N(C)CCCC2CCN(c3ccc(C(=O)N(C)CCn4cncn4)c(Cl)n3)CC2)C(F)(F)F)c1. The number of methoxy groups -OCH3 is 1. The molecule has 1 saturated heterocycles. The monoisotopic (exact) mass is 651 g/mol. The molecule has 0 radical (unpaired) electrons. The van der Waals surface area contributed by atoms with Crippen LogP contribution >= 0.6 is 11.6 Å². The first kappa shape index (κ1) is 34.0. The lowest BCUT2D eigenvalue weighted by molar-refractivity contribution is -0.261. The van der Waals surface area contributed by atoms with E-state index in [4.69, 9.17) is 16.3 Å². The summed E-state index contributed by atoms with van der Waals surface area (Å²) in [7, 11) is 4.23. The van der Waals surface area contributed by atoms with E-state index in [0.29, 0.717) is 56.3 Å². The van der Waals surface area contributed by atoms with E-state index in [2.05, 4.69) is 20.0 Å². The Balaban J connectivity index is 1.26.